The van der Waals surface area contributed by atoms with Gasteiger partial charge in [-0.05, 0) is 50.1 Å². The minimum absolute atomic E-state index is 0.00490. The van der Waals surface area contributed by atoms with Crippen LogP contribution in [0.2, 0.25) is 0 Å². The minimum atomic E-state index is -0.0233. The van der Waals surface area contributed by atoms with Crippen LogP contribution in [-0.4, -0.2) is 53.6 Å². The van der Waals surface area contributed by atoms with E-state index in [1.807, 2.05) is 63.2 Å². The molecule has 1 aliphatic heterocycles. The van der Waals surface area contributed by atoms with Gasteiger partial charge in [0.1, 0.15) is 0 Å². The molecule has 5 nitrogen and oxygen atoms in total. The zero-order valence-electron chi connectivity index (χ0n) is 17.4. The summed E-state index contributed by atoms with van der Waals surface area (Å²) in [5.74, 6) is -0.0229. The number of rotatable bonds is 5. The van der Waals surface area contributed by atoms with Crippen molar-refractivity contribution < 1.29 is 14.4 Å². The lowest BCUT2D eigenvalue weighted by Gasteiger charge is -2.35. The monoisotopic (exact) mass is 392 g/mol. The van der Waals surface area contributed by atoms with Gasteiger partial charge < -0.3 is 9.80 Å². The number of Topliss-reactive ketones (excluding diaryl/α,β-unsaturated/α-hetero) is 1. The van der Waals surface area contributed by atoms with E-state index in [-0.39, 0.29) is 30.4 Å². The molecule has 2 aromatic rings. The SMILES string of the molecule is Cc1cccc(C(=O)N2CCN(C(=O)CCC(=O)c3ccc(C)c(C)c3)CC2)c1. The fourth-order valence-electron chi connectivity index (χ4n) is 3.56. The molecule has 2 amide bonds. The number of carbonyl (C=O) groups is 3. The highest BCUT2D eigenvalue weighted by molar-refractivity contribution is 5.98. The number of amides is 2. The van der Waals surface area contributed by atoms with E-state index in [0.717, 1.165) is 16.7 Å². The van der Waals surface area contributed by atoms with Crippen LogP contribution in [0.4, 0.5) is 0 Å². The van der Waals surface area contributed by atoms with E-state index in [1.165, 1.54) is 0 Å². The lowest BCUT2D eigenvalue weighted by atomic mass is 10.0. The van der Waals surface area contributed by atoms with Crippen molar-refractivity contribution in [2.45, 2.75) is 33.6 Å². The fraction of sp³-hybridized carbons (Fsp3) is 0.375. The smallest absolute Gasteiger partial charge is 0.253 e. The van der Waals surface area contributed by atoms with Crippen LogP contribution in [0.25, 0.3) is 0 Å². The number of aryl methyl sites for hydroxylation is 3. The van der Waals surface area contributed by atoms with Crippen LogP contribution in [0, 0.1) is 20.8 Å². The van der Waals surface area contributed by atoms with Gasteiger partial charge >= 0.3 is 0 Å². The van der Waals surface area contributed by atoms with E-state index in [1.54, 1.807) is 9.80 Å². The Balaban J connectivity index is 1.49. The van der Waals surface area contributed by atoms with E-state index in [9.17, 15) is 14.4 Å². The van der Waals surface area contributed by atoms with E-state index in [2.05, 4.69) is 0 Å². The number of hydrogen-bond acceptors (Lipinski definition) is 3. The molecule has 5 heteroatoms. The molecular weight excluding hydrogens is 364 g/mol. The van der Waals surface area contributed by atoms with Crippen LogP contribution >= 0.6 is 0 Å². The Morgan fingerprint density at radius 2 is 1.45 bits per heavy atom. The maximum absolute atomic E-state index is 12.6. The largest absolute Gasteiger partial charge is 0.339 e. The van der Waals surface area contributed by atoms with Crippen LogP contribution in [0.15, 0.2) is 42.5 Å². The lowest BCUT2D eigenvalue weighted by molar-refractivity contribution is -0.132. The highest BCUT2D eigenvalue weighted by Gasteiger charge is 2.25. The van der Waals surface area contributed by atoms with Crippen molar-refractivity contribution >= 4 is 17.6 Å². The number of piperazine rings is 1. The van der Waals surface area contributed by atoms with Gasteiger partial charge in [0, 0.05) is 50.1 Å². The minimum Gasteiger partial charge on any atom is -0.339 e. The second-order valence-corrected chi connectivity index (χ2v) is 7.76. The number of carbonyl (C=O) groups excluding carboxylic acids is 3. The Labute approximate surface area is 172 Å². The molecule has 0 unspecified atom stereocenters. The molecule has 3 rings (SSSR count). The highest BCUT2D eigenvalue weighted by atomic mass is 16.2. The summed E-state index contributed by atoms with van der Waals surface area (Å²) in [4.78, 5) is 41.1. The predicted molar refractivity (Wildman–Crippen MR) is 113 cm³/mol. The Hall–Kier alpha value is -2.95. The summed E-state index contributed by atoms with van der Waals surface area (Å²) in [5.41, 5.74) is 4.63. The van der Waals surface area contributed by atoms with Gasteiger partial charge in [0.25, 0.3) is 5.91 Å². The zero-order valence-corrected chi connectivity index (χ0v) is 17.4. The van der Waals surface area contributed by atoms with E-state index in [0.29, 0.717) is 37.3 Å². The van der Waals surface area contributed by atoms with Gasteiger partial charge in [-0.2, -0.15) is 0 Å². The van der Waals surface area contributed by atoms with Crippen molar-refractivity contribution in [2.75, 3.05) is 26.2 Å². The molecule has 0 atom stereocenters. The van der Waals surface area contributed by atoms with Gasteiger partial charge in [0.15, 0.2) is 5.78 Å². The lowest BCUT2D eigenvalue weighted by Crippen LogP contribution is -2.50. The summed E-state index contributed by atoms with van der Waals surface area (Å²) in [5, 5.41) is 0. The summed E-state index contributed by atoms with van der Waals surface area (Å²) in [6.07, 6.45) is 0.418. The second kappa shape index (κ2) is 9.03. The molecule has 0 aliphatic carbocycles. The molecule has 2 aromatic carbocycles. The average molecular weight is 392 g/mol. The maximum Gasteiger partial charge on any atom is 0.253 e. The second-order valence-electron chi connectivity index (χ2n) is 7.76. The van der Waals surface area contributed by atoms with Gasteiger partial charge in [-0.15, -0.1) is 0 Å². The molecule has 1 heterocycles. The molecule has 1 fully saturated rings. The van der Waals surface area contributed by atoms with Gasteiger partial charge in [-0.25, -0.2) is 0 Å². The quantitative estimate of drug-likeness (QED) is 0.731. The van der Waals surface area contributed by atoms with Gasteiger partial charge in [-0.1, -0.05) is 29.8 Å². The van der Waals surface area contributed by atoms with Gasteiger partial charge in [-0.3, -0.25) is 14.4 Å². The molecule has 0 saturated carbocycles. The molecule has 0 radical (unpaired) electrons. The summed E-state index contributed by atoms with van der Waals surface area (Å²) in [7, 11) is 0. The Bertz CT molecular complexity index is 927. The van der Waals surface area contributed by atoms with Crippen LogP contribution in [0.5, 0.6) is 0 Å². The van der Waals surface area contributed by atoms with Crippen molar-refractivity contribution in [1.29, 1.82) is 0 Å². The molecule has 0 bridgehead atoms. The van der Waals surface area contributed by atoms with Gasteiger partial charge in [0.2, 0.25) is 5.91 Å². The van der Waals surface area contributed by atoms with Crippen LogP contribution in [0.3, 0.4) is 0 Å². The third-order valence-corrected chi connectivity index (χ3v) is 5.58. The van der Waals surface area contributed by atoms with Crippen molar-refractivity contribution in [1.82, 2.24) is 9.80 Å². The molecule has 0 spiro atoms. The molecule has 29 heavy (non-hydrogen) atoms. The molecular formula is C24H28N2O3. The zero-order chi connectivity index (χ0) is 21.0. The van der Waals surface area contributed by atoms with E-state index >= 15 is 0 Å². The molecule has 152 valence electrons. The first-order chi connectivity index (χ1) is 13.8. The Kier molecular flexibility index (Phi) is 6.47. The summed E-state index contributed by atoms with van der Waals surface area (Å²) >= 11 is 0. The number of benzene rings is 2. The first kappa shape index (κ1) is 20.8. The van der Waals surface area contributed by atoms with Crippen LogP contribution in [0.1, 0.15) is 50.2 Å². The summed E-state index contributed by atoms with van der Waals surface area (Å²) < 4.78 is 0. The van der Waals surface area contributed by atoms with Gasteiger partial charge in [0.05, 0.1) is 0 Å². The highest BCUT2D eigenvalue weighted by Crippen LogP contribution is 2.15. The average Bonchev–Trinajstić information content (AvgIpc) is 2.73. The standard InChI is InChI=1S/C24H28N2O3/c1-17-5-4-6-21(15-17)24(29)26-13-11-25(12-14-26)23(28)10-9-22(27)20-8-7-18(2)19(3)16-20/h4-8,15-16H,9-14H2,1-3H3. The fourth-order valence-corrected chi connectivity index (χ4v) is 3.56. The third kappa shape index (κ3) is 5.11. The van der Waals surface area contributed by atoms with E-state index in [4.69, 9.17) is 0 Å². The van der Waals surface area contributed by atoms with E-state index < -0.39 is 0 Å². The normalized spacial score (nSPS) is 14.0. The molecule has 1 saturated heterocycles. The van der Waals surface area contributed by atoms with Crippen LogP contribution < -0.4 is 0 Å². The Morgan fingerprint density at radius 3 is 2.10 bits per heavy atom. The first-order valence-electron chi connectivity index (χ1n) is 10.1. The predicted octanol–water partition coefficient (Wildman–Crippen LogP) is 3.56. The molecule has 0 aromatic heterocycles. The maximum atomic E-state index is 12.6. The summed E-state index contributed by atoms with van der Waals surface area (Å²) in [6.45, 7) is 8.01. The number of nitrogens with zero attached hydrogens (tertiary/aromatic N) is 2. The summed E-state index contributed by atoms with van der Waals surface area (Å²) in [6, 6.07) is 13.2. The topological polar surface area (TPSA) is 57.7 Å². The third-order valence-electron chi connectivity index (χ3n) is 5.58. The van der Waals surface area contributed by atoms with Crippen molar-refractivity contribution in [3.05, 3.63) is 70.3 Å². The molecule has 1 aliphatic rings. The molecule has 0 N–H and O–H groups in total. The first-order valence-corrected chi connectivity index (χ1v) is 10.1. The van der Waals surface area contributed by atoms with Crippen LogP contribution in [-0.2, 0) is 4.79 Å². The van der Waals surface area contributed by atoms with Crippen molar-refractivity contribution in [3.63, 3.8) is 0 Å². The number of hydrogen-bond donors (Lipinski definition) is 0. The van der Waals surface area contributed by atoms with Crippen molar-refractivity contribution in [3.8, 4) is 0 Å². The number of ketones is 1. The van der Waals surface area contributed by atoms with Crippen molar-refractivity contribution in [2.24, 2.45) is 0 Å². The Morgan fingerprint density at radius 1 is 0.759 bits per heavy atom.